The number of carbonyl (C=O) groups excluding carboxylic acids is 1. The van der Waals surface area contributed by atoms with Crippen molar-refractivity contribution in [1.82, 2.24) is 14.8 Å². The van der Waals surface area contributed by atoms with Gasteiger partial charge in [-0.15, -0.1) is 11.3 Å². The first-order valence-corrected chi connectivity index (χ1v) is 4.40. The fourth-order valence-corrected chi connectivity index (χ4v) is 1.56. The highest BCUT2D eigenvalue weighted by Crippen LogP contribution is 2.11. The second kappa shape index (κ2) is 2.98. The molecule has 5 nitrogen and oxygen atoms in total. The van der Waals surface area contributed by atoms with Crippen LogP contribution in [-0.2, 0) is 0 Å². The van der Waals surface area contributed by atoms with E-state index in [0.29, 0.717) is 4.88 Å². The molecule has 0 aliphatic heterocycles. The standard InChI is InChI=1S/C7H6N4OS/c8-7-9-4-10-11(7)6(12)5-2-1-3-13-5/h1-4H,(H2,8,9,10). The summed E-state index contributed by atoms with van der Waals surface area (Å²) in [6.45, 7) is 0. The van der Waals surface area contributed by atoms with Gasteiger partial charge in [0.05, 0.1) is 4.88 Å². The van der Waals surface area contributed by atoms with Gasteiger partial charge in [-0.3, -0.25) is 4.79 Å². The normalized spacial score (nSPS) is 10.2. The van der Waals surface area contributed by atoms with Crippen molar-refractivity contribution in [1.29, 1.82) is 0 Å². The molecule has 2 heterocycles. The largest absolute Gasteiger partial charge is 0.368 e. The van der Waals surface area contributed by atoms with Crippen LogP contribution in [-0.4, -0.2) is 20.7 Å². The highest BCUT2D eigenvalue weighted by molar-refractivity contribution is 7.12. The summed E-state index contributed by atoms with van der Waals surface area (Å²) in [7, 11) is 0. The maximum atomic E-state index is 11.6. The van der Waals surface area contributed by atoms with Crippen LogP contribution in [0.5, 0.6) is 0 Å². The monoisotopic (exact) mass is 194 g/mol. The lowest BCUT2D eigenvalue weighted by Crippen LogP contribution is -2.14. The van der Waals surface area contributed by atoms with Crippen LogP contribution in [0, 0.1) is 0 Å². The molecule has 0 saturated heterocycles. The predicted octanol–water partition coefficient (Wildman–Crippen LogP) is 0.610. The predicted molar refractivity (Wildman–Crippen MR) is 48.5 cm³/mol. The van der Waals surface area contributed by atoms with Crippen LogP contribution in [0.4, 0.5) is 5.95 Å². The first kappa shape index (κ1) is 7.93. The Labute approximate surface area is 77.8 Å². The highest BCUT2D eigenvalue weighted by atomic mass is 32.1. The van der Waals surface area contributed by atoms with Crippen LogP contribution in [0.2, 0.25) is 0 Å². The summed E-state index contributed by atoms with van der Waals surface area (Å²) in [5.41, 5.74) is 5.42. The molecule has 2 aromatic heterocycles. The third-order valence-electron chi connectivity index (χ3n) is 1.50. The van der Waals surface area contributed by atoms with Gasteiger partial charge in [0.25, 0.3) is 5.91 Å². The molecule has 0 unspecified atom stereocenters. The van der Waals surface area contributed by atoms with Gasteiger partial charge in [-0.25, -0.2) is 0 Å². The molecule has 2 aromatic rings. The molecule has 0 spiro atoms. The summed E-state index contributed by atoms with van der Waals surface area (Å²) < 4.78 is 1.08. The van der Waals surface area contributed by atoms with E-state index in [4.69, 9.17) is 5.73 Å². The number of hydrogen-bond donors (Lipinski definition) is 1. The minimum atomic E-state index is -0.245. The van der Waals surface area contributed by atoms with Crippen molar-refractivity contribution in [2.24, 2.45) is 0 Å². The zero-order valence-electron chi connectivity index (χ0n) is 6.54. The van der Waals surface area contributed by atoms with E-state index in [9.17, 15) is 4.79 Å². The Morgan fingerprint density at radius 1 is 1.62 bits per heavy atom. The number of nitrogen functional groups attached to an aromatic ring is 1. The van der Waals surface area contributed by atoms with Gasteiger partial charge in [0.15, 0.2) is 0 Å². The zero-order valence-corrected chi connectivity index (χ0v) is 7.36. The average molecular weight is 194 g/mol. The summed E-state index contributed by atoms with van der Waals surface area (Å²) in [5, 5.41) is 5.53. The number of rotatable bonds is 1. The van der Waals surface area contributed by atoms with E-state index in [1.165, 1.54) is 17.7 Å². The van der Waals surface area contributed by atoms with Gasteiger partial charge in [-0.05, 0) is 11.4 Å². The molecule has 0 aliphatic carbocycles. The van der Waals surface area contributed by atoms with Gasteiger partial charge in [-0.1, -0.05) is 6.07 Å². The van der Waals surface area contributed by atoms with Gasteiger partial charge in [-0.2, -0.15) is 14.8 Å². The Balaban J connectivity index is 2.39. The van der Waals surface area contributed by atoms with Crippen molar-refractivity contribution in [3.05, 3.63) is 28.7 Å². The Hall–Kier alpha value is -1.69. The van der Waals surface area contributed by atoms with Crippen LogP contribution in [0.25, 0.3) is 0 Å². The number of nitrogens with zero attached hydrogens (tertiary/aromatic N) is 3. The fraction of sp³-hybridized carbons (Fsp3) is 0. The van der Waals surface area contributed by atoms with Crippen molar-refractivity contribution >= 4 is 23.2 Å². The highest BCUT2D eigenvalue weighted by Gasteiger charge is 2.12. The van der Waals surface area contributed by atoms with Crippen molar-refractivity contribution in [3.63, 3.8) is 0 Å². The first-order valence-electron chi connectivity index (χ1n) is 3.53. The second-order valence-electron chi connectivity index (χ2n) is 2.31. The minimum absolute atomic E-state index is 0.110. The molecule has 0 amide bonds. The number of thiophene rings is 1. The van der Waals surface area contributed by atoms with Gasteiger partial charge in [0.1, 0.15) is 6.33 Å². The Morgan fingerprint density at radius 3 is 3.00 bits per heavy atom. The average Bonchev–Trinajstić information content (AvgIpc) is 2.72. The topological polar surface area (TPSA) is 73.8 Å². The number of nitrogens with two attached hydrogens (primary N) is 1. The molecule has 0 radical (unpaired) electrons. The molecule has 0 aliphatic rings. The van der Waals surface area contributed by atoms with Crippen molar-refractivity contribution in [3.8, 4) is 0 Å². The summed E-state index contributed by atoms with van der Waals surface area (Å²) >= 11 is 1.34. The van der Waals surface area contributed by atoms with Gasteiger partial charge >= 0.3 is 0 Å². The second-order valence-corrected chi connectivity index (χ2v) is 3.26. The molecule has 2 rings (SSSR count). The summed E-state index contributed by atoms with van der Waals surface area (Å²) in [4.78, 5) is 15.8. The van der Waals surface area contributed by atoms with Crippen LogP contribution in [0.1, 0.15) is 9.67 Å². The lowest BCUT2D eigenvalue weighted by atomic mass is 10.4. The number of anilines is 1. The molecule has 0 fully saturated rings. The maximum Gasteiger partial charge on any atom is 0.291 e. The minimum Gasteiger partial charge on any atom is -0.368 e. The molecule has 6 heteroatoms. The number of hydrogen-bond acceptors (Lipinski definition) is 5. The Kier molecular flexibility index (Phi) is 1.82. The summed E-state index contributed by atoms with van der Waals surface area (Å²) in [5.74, 6) is -0.136. The van der Waals surface area contributed by atoms with Gasteiger partial charge in [0.2, 0.25) is 5.95 Å². The van der Waals surface area contributed by atoms with E-state index < -0.39 is 0 Å². The molecular weight excluding hydrogens is 188 g/mol. The van der Waals surface area contributed by atoms with Gasteiger partial charge < -0.3 is 5.73 Å². The molecule has 13 heavy (non-hydrogen) atoms. The van der Waals surface area contributed by atoms with E-state index >= 15 is 0 Å². The van der Waals surface area contributed by atoms with Crippen molar-refractivity contribution in [2.75, 3.05) is 5.73 Å². The van der Waals surface area contributed by atoms with Crippen LogP contribution < -0.4 is 5.73 Å². The first-order chi connectivity index (χ1) is 6.29. The maximum absolute atomic E-state index is 11.6. The van der Waals surface area contributed by atoms with Crippen molar-refractivity contribution < 1.29 is 4.79 Å². The van der Waals surface area contributed by atoms with E-state index in [2.05, 4.69) is 10.1 Å². The Morgan fingerprint density at radius 2 is 2.46 bits per heavy atom. The van der Waals surface area contributed by atoms with Gasteiger partial charge in [0, 0.05) is 0 Å². The number of carbonyl (C=O) groups is 1. The summed E-state index contributed by atoms with van der Waals surface area (Å²) in [6.07, 6.45) is 1.25. The number of aromatic nitrogens is 3. The van der Waals surface area contributed by atoms with Crippen molar-refractivity contribution in [2.45, 2.75) is 0 Å². The van der Waals surface area contributed by atoms with Crippen LogP contribution in [0.15, 0.2) is 23.8 Å². The molecule has 0 bridgehead atoms. The third kappa shape index (κ3) is 1.31. The molecule has 0 aromatic carbocycles. The van der Waals surface area contributed by atoms with E-state index in [1.54, 1.807) is 12.1 Å². The molecule has 0 saturated carbocycles. The van der Waals surface area contributed by atoms with E-state index in [1.807, 2.05) is 5.38 Å². The van der Waals surface area contributed by atoms with E-state index in [-0.39, 0.29) is 11.9 Å². The summed E-state index contributed by atoms with van der Waals surface area (Å²) in [6, 6.07) is 3.51. The quantitative estimate of drug-likeness (QED) is 0.721. The van der Waals surface area contributed by atoms with Crippen LogP contribution >= 0.6 is 11.3 Å². The molecule has 0 atom stereocenters. The lowest BCUT2D eigenvalue weighted by Gasteiger charge is -1.96. The Bertz CT molecular complexity index is 419. The lowest BCUT2D eigenvalue weighted by molar-refractivity contribution is 0.0952. The molecular formula is C7H6N4OS. The molecule has 2 N–H and O–H groups in total. The molecule has 66 valence electrons. The van der Waals surface area contributed by atoms with E-state index in [0.717, 1.165) is 4.68 Å². The SMILES string of the molecule is Nc1ncnn1C(=O)c1cccs1. The zero-order chi connectivity index (χ0) is 9.26. The third-order valence-corrected chi connectivity index (χ3v) is 2.36. The fourth-order valence-electron chi connectivity index (χ4n) is 0.912. The smallest absolute Gasteiger partial charge is 0.291 e. The van der Waals surface area contributed by atoms with Crippen LogP contribution in [0.3, 0.4) is 0 Å².